The molecule has 0 unspecified atom stereocenters. The average Bonchev–Trinajstić information content (AvgIpc) is 1.46. The quantitative estimate of drug-likeness (QED) is 0.365. The fourth-order valence-electron chi connectivity index (χ4n) is 0. The molecule has 0 aromatic heterocycles. The van der Waals surface area contributed by atoms with Gasteiger partial charge in [0, 0.05) is 0 Å². The first kappa shape index (κ1) is 8.87. The third-order valence-electron chi connectivity index (χ3n) is 0. The highest BCUT2D eigenvalue weighted by Crippen LogP contribution is 1.13. The van der Waals surface area contributed by atoms with E-state index < -0.39 is 0 Å². The monoisotopic (exact) mass is 77.1 g/mol. The Morgan fingerprint density at radius 2 is 1.60 bits per heavy atom. The van der Waals surface area contributed by atoms with Gasteiger partial charge in [-0.05, 0) is 6.92 Å². The van der Waals surface area contributed by atoms with E-state index in [-0.39, 0.29) is 0 Å². The molecule has 0 rings (SSSR count). The van der Waals surface area contributed by atoms with Crippen molar-refractivity contribution >= 4 is 0 Å². The van der Waals surface area contributed by atoms with E-state index in [0.717, 1.165) is 13.7 Å². The van der Waals surface area contributed by atoms with Crippen LogP contribution < -0.4 is 10.8 Å². The molecule has 0 aliphatic heterocycles. The summed E-state index contributed by atoms with van der Waals surface area (Å²) in [4.78, 5) is 0. The minimum absolute atomic E-state index is 0.750. The lowest BCUT2D eigenvalue weighted by molar-refractivity contribution is -0.361. The van der Waals surface area contributed by atoms with Crippen LogP contribution in [0.4, 0.5) is 0 Å². The lowest BCUT2D eigenvalue weighted by Gasteiger charge is -1.57. The highest BCUT2D eigenvalue weighted by Gasteiger charge is 1.37. The molecule has 0 aromatic carbocycles. The predicted molar refractivity (Wildman–Crippen MR) is 19.4 cm³/mol. The molecule has 0 aromatic rings. The van der Waals surface area contributed by atoms with Crippen LogP contribution in [0.5, 0.6) is 0 Å². The molecule has 0 atom stereocenters. The third kappa shape index (κ3) is 2260. The van der Waals surface area contributed by atoms with Crippen LogP contribution in [-0.2, 0) is 0 Å². The van der Waals surface area contributed by atoms with Crippen LogP contribution >= 0.6 is 0 Å². The van der Waals surface area contributed by atoms with E-state index in [4.69, 9.17) is 5.11 Å². The van der Waals surface area contributed by atoms with Crippen molar-refractivity contribution < 1.29 is 10.8 Å². The summed E-state index contributed by atoms with van der Waals surface area (Å²) in [5.41, 5.74) is 3.49. The third-order valence-corrected chi connectivity index (χ3v) is 0. The molecule has 3 N–H and O–H groups in total. The van der Waals surface area contributed by atoms with Gasteiger partial charge in [0.15, 0.2) is 0 Å². The van der Waals surface area contributed by atoms with E-state index in [1.807, 2.05) is 6.92 Å². The summed E-state index contributed by atoms with van der Waals surface area (Å²) in [5, 5.41) is 8.25. The molecule has 0 bridgehead atoms. The fourth-order valence-corrected chi connectivity index (χ4v) is 0. The summed E-state index contributed by atoms with van der Waals surface area (Å²) in [6.07, 6.45) is 0. The van der Waals surface area contributed by atoms with Gasteiger partial charge in [0.2, 0.25) is 0 Å². The first-order valence-electron chi connectivity index (χ1n) is 1.62. The van der Waals surface area contributed by atoms with Crippen LogP contribution in [0.25, 0.3) is 0 Å². The molecular formula is C3H11NO. The fraction of sp³-hybridized carbons (Fsp3) is 1.00. The highest BCUT2D eigenvalue weighted by molar-refractivity contribution is 3.79. The molecule has 0 saturated heterocycles. The number of hydrogen-bond donors (Lipinski definition) is 1. The van der Waals surface area contributed by atoms with Gasteiger partial charge in [0.1, 0.15) is 0 Å². The summed E-state index contributed by atoms with van der Waals surface area (Å²) in [5.74, 6) is 0. The second-order valence-corrected chi connectivity index (χ2v) is 0.500. The summed E-state index contributed by atoms with van der Waals surface area (Å²) in [6, 6.07) is 0. The molecule has 0 radical (unpaired) electrons. The Hall–Kier alpha value is -0.0800. The lowest BCUT2D eigenvalue weighted by Crippen LogP contribution is -2.48. The number of rotatable bonds is 0. The Balaban J connectivity index is 0. The largest absolute Gasteiger partial charge is 0.857 e. The average molecular weight is 77.1 g/mol. The minimum atomic E-state index is 0.750. The summed E-state index contributed by atoms with van der Waals surface area (Å²) in [7, 11) is 0.750. The number of quaternary nitrogens is 1. The molecule has 0 aliphatic carbocycles. The molecule has 0 saturated carbocycles. The van der Waals surface area contributed by atoms with Gasteiger partial charge in [-0.15, -0.1) is 0 Å². The van der Waals surface area contributed by atoms with Gasteiger partial charge in [-0.3, -0.25) is 0 Å². The van der Waals surface area contributed by atoms with Crippen molar-refractivity contribution in [3.05, 3.63) is 0 Å². The first-order valence-corrected chi connectivity index (χ1v) is 1.62. The van der Waals surface area contributed by atoms with Crippen LogP contribution in [-0.4, -0.2) is 13.7 Å². The van der Waals surface area contributed by atoms with E-state index in [1.54, 1.807) is 0 Å². The molecular weight excluding hydrogens is 66.0 g/mol. The Morgan fingerprint density at radius 3 is 1.60 bits per heavy atom. The van der Waals surface area contributed by atoms with Gasteiger partial charge in [-0.25, -0.2) is 0 Å². The van der Waals surface area contributed by atoms with Crippen LogP contribution in [0, 0.1) is 0 Å². The van der Waals surface area contributed by atoms with Crippen molar-refractivity contribution in [2.45, 2.75) is 6.92 Å². The standard InChI is InChI=1S/C2H7N.CH3O/c1-2-3;1-2/h2-3H2,1H3;1H3/q;-1/p+1. The van der Waals surface area contributed by atoms with Gasteiger partial charge in [0.25, 0.3) is 0 Å². The summed E-state index contributed by atoms with van der Waals surface area (Å²) in [6.45, 7) is 3.01. The maximum atomic E-state index is 8.25. The predicted octanol–water partition coefficient (Wildman–Crippen LogP) is -1.78. The van der Waals surface area contributed by atoms with Gasteiger partial charge in [-0.1, -0.05) is 0 Å². The maximum absolute atomic E-state index is 8.25. The SMILES string of the molecule is CC[NH3+].C[O-]. The van der Waals surface area contributed by atoms with E-state index in [2.05, 4.69) is 5.73 Å². The van der Waals surface area contributed by atoms with Gasteiger partial charge < -0.3 is 10.8 Å². The normalized spacial score (nSPS) is 4.80. The van der Waals surface area contributed by atoms with Crippen molar-refractivity contribution in [2.75, 3.05) is 13.7 Å². The van der Waals surface area contributed by atoms with Crippen molar-refractivity contribution in [3.8, 4) is 0 Å². The smallest absolute Gasteiger partial charge is 0.0711 e. The number of hydrogen-bond acceptors (Lipinski definition) is 1. The summed E-state index contributed by atoms with van der Waals surface area (Å²) >= 11 is 0. The van der Waals surface area contributed by atoms with E-state index in [9.17, 15) is 0 Å². The van der Waals surface area contributed by atoms with Crippen LogP contribution in [0.3, 0.4) is 0 Å². The topological polar surface area (TPSA) is 50.7 Å². The second-order valence-electron chi connectivity index (χ2n) is 0.500. The summed E-state index contributed by atoms with van der Waals surface area (Å²) < 4.78 is 0. The van der Waals surface area contributed by atoms with Crippen LogP contribution in [0.1, 0.15) is 6.92 Å². The Morgan fingerprint density at radius 1 is 1.60 bits per heavy atom. The molecule has 2 heteroatoms. The van der Waals surface area contributed by atoms with Gasteiger partial charge >= 0.3 is 0 Å². The Bertz CT molecular complexity index is 6.85. The molecule has 5 heavy (non-hydrogen) atoms. The highest BCUT2D eigenvalue weighted by atomic mass is 16.2. The first-order chi connectivity index (χ1) is 2.41. The zero-order chi connectivity index (χ0) is 4.71. The molecule has 2 nitrogen and oxygen atoms in total. The van der Waals surface area contributed by atoms with E-state index in [1.165, 1.54) is 0 Å². The molecule has 0 fully saturated rings. The second kappa shape index (κ2) is 39.5. The Kier molecular flexibility index (Phi) is 70.0. The zero-order valence-electron chi connectivity index (χ0n) is 3.82. The molecule has 0 heterocycles. The molecule has 0 aliphatic rings. The molecule has 0 amide bonds. The van der Waals surface area contributed by atoms with Crippen molar-refractivity contribution in [1.82, 2.24) is 0 Å². The van der Waals surface area contributed by atoms with Crippen molar-refractivity contribution in [2.24, 2.45) is 0 Å². The van der Waals surface area contributed by atoms with E-state index >= 15 is 0 Å². The van der Waals surface area contributed by atoms with Crippen LogP contribution in [0.15, 0.2) is 0 Å². The Labute approximate surface area is 32.6 Å². The van der Waals surface area contributed by atoms with Crippen molar-refractivity contribution in [1.29, 1.82) is 0 Å². The van der Waals surface area contributed by atoms with Crippen molar-refractivity contribution in [3.63, 3.8) is 0 Å². The maximum Gasteiger partial charge on any atom is 0.0711 e. The van der Waals surface area contributed by atoms with Gasteiger partial charge in [-0.2, -0.15) is 7.11 Å². The zero-order valence-corrected chi connectivity index (χ0v) is 3.82. The van der Waals surface area contributed by atoms with Gasteiger partial charge in [0.05, 0.1) is 6.54 Å². The lowest BCUT2D eigenvalue weighted by atomic mass is 10.8. The van der Waals surface area contributed by atoms with E-state index in [0.29, 0.717) is 0 Å². The minimum Gasteiger partial charge on any atom is -0.857 e. The molecule has 0 spiro atoms. The molecule has 34 valence electrons. The van der Waals surface area contributed by atoms with Crippen LogP contribution in [0.2, 0.25) is 0 Å².